The van der Waals surface area contributed by atoms with Gasteiger partial charge < -0.3 is 19.5 Å². The summed E-state index contributed by atoms with van der Waals surface area (Å²) in [4.78, 5) is 25.6. The van der Waals surface area contributed by atoms with Crippen LogP contribution in [0.5, 0.6) is 11.5 Å². The van der Waals surface area contributed by atoms with Crippen LogP contribution >= 0.6 is 11.6 Å². The lowest BCUT2D eigenvalue weighted by molar-refractivity contribution is -0.151. The Morgan fingerprint density at radius 1 is 0.853 bits per heavy atom. The second kappa shape index (κ2) is 10.2. The van der Waals surface area contributed by atoms with Gasteiger partial charge in [-0.1, -0.05) is 48.0 Å². The summed E-state index contributed by atoms with van der Waals surface area (Å²) in [5, 5.41) is 3.59. The van der Waals surface area contributed by atoms with Crippen LogP contribution in [0, 0.1) is 0 Å². The van der Waals surface area contributed by atoms with E-state index in [2.05, 4.69) is 5.32 Å². The molecule has 0 unspecified atom stereocenters. The summed E-state index contributed by atoms with van der Waals surface area (Å²) in [7, 11) is 3.20. The fourth-order valence-corrected chi connectivity index (χ4v) is 4.05. The maximum Gasteiger partial charge on any atom is 0.317 e. The predicted molar refractivity (Wildman–Crippen MR) is 129 cm³/mol. The van der Waals surface area contributed by atoms with Crippen molar-refractivity contribution in [3.63, 3.8) is 0 Å². The van der Waals surface area contributed by atoms with Gasteiger partial charge in [0.2, 0.25) is 0 Å². The third-order valence-corrected chi connectivity index (χ3v) is 6.33. The highest BCUT2D eigenvalue weighted by Gasteiger charge is 2.52. The summed E-state index contributed by atoms with van der Waals surface area (Å²) in [6, 6.07) is 21.6. The number of nitrogens with one attached hydrogen (secondary N) is 1. The number of methoxy groups -OCH3 is 2. The number of hydrogen-bond acceptors (Lipinski definition) is 5. The molecule has 0 aliphatic heterocycles. The van der Waals surface area contributed by atoms with Crippen molar-refractivity contribution in [1.82, 2.24) is 5.32 Å². The fraction of sp³-hybridized carbons (Fsp3) is 0.259. The first kappa shape index (κ1) is 23.6. The molecule has 0 aromatic heterocycles. The van der Waals surface area contributed by atoms with E-state index in [4.69, 9.17) is 25.8 Å². The first-order valence-corrected chi connectivity index (χ1v) is 11.3. The van der Waals surface area contributed by atoms with Crippen molar-refractivity contribution in [2.45, 2.75) is 24.3 Å². The van der Waals surface area contributed by atoms with E-state index in [0.717, 1.165) is 28.2 Å². The van der Waals surface area contributed by atoms with Gasteiger partial charge in [-0.2, -0.15) is 0 Å². The minimum absolute atomic E-state index is 0.364. The molecule has 3 aromatic rings. The van der Waals surface area contributed by atoms with Gasteiger partial charge in [0, 0.05) is 5.02 Å². The average molecular weight is 480 g/mol. The third kappa shape index (κ3) is 5.18. The smallest absolute Gasteiger partial charge is 0.317 e. The summed E-state index contributed by atoms with van der Waals surface area (Å²) in [5.74, 6) is 0.649. The molecule has 0 spiro atoms. The van der Waals surface area contributed by atoms with Crippen molar-refractivity contribution in [2.24, 2.45) is 0 Å². The third-order valence-electron chi connectivity index (χ3n) is 6.08. The van der Waals surface area contributed by atoms with Crippen molar-refractivity contribution >= 4 is 23.5 Å². The Morgan fingerprint density at radius 3 is 1.79 bits per heavy atom. The largest absolute Gasteiger partial charge is 0.497 e. The normalized spacial score (nSPS) is 13.8. The molecule has 0 radical (unpaired) electrons. The van der Waals surface area contributed by atoms with Crippen LogP contribution in [0.3, 0.4) is 0 Å². The predicted octanol–water partition coefficient (Wildman–Crippen LogP) is 4.84. The first-order chi connectivity index (χ1) is 16.4. The number of halogens is 1. The number of esters is 1. The lowest BCUT2D eigenvalue weighted by Crippen LogP contribution is -2.34. The second-order valence-corrected chi connectivity index (χ2v) is 8.65. The van der Waals surface area contributed by atoms with Crippen LogP contribution in [0.2, 0.25) is 5.02 Å². The number of benzene rings is 3. The van der Waals surface area contributed by atoms with Gasteiger partial charge in [0.05, 0.1) is 25.7 Å². The van der Waals surface area contributed by atoms with E-state index < -0.39 is 23.3 Å². The fourth-order valence-electron chi connectivity index (χ4n) is 3.93. The Balaban J connectivity index is 1.45. The van der Waals surface area contributed by atoms with Gasteiger partial charge in [-0.15, -0.1) is 0 Å². The van der Waals surface area contributed by atoms with Crippen LogP contribution < -0.4 is 14.8 Å². The highest BCUT2D eigenvalue weighted by Crippen LogP contribution is 2.49. The summed E-state index contributed by atoms with van der Waals surface area (Å²) < 4.78 is 15.9. The molecular formula is C27H26ClNO5. The van der Waals surface area contributed by atoms with E-state index in [1.54, 1.807) is 26.4 Å². The number of amides is 1. The Morgan fingerprint density at radius 2 is 1.35 bits per heavy atom. The molecule has 1 N–H and O–H groups in total. The number of ether oxygens (including phenoxy) is 3. The topological polar surface area (TPSA) is 73.9 Å². The maximum absolute atomic E-state index is 12.8. The molecule has 34 heavy (non-hydrogen) atoms. The number of carbonyl (C=O) groups excluding carboxylic acids is 2. The molecule has 1 fully saturated rings. The Labute approximate surface area is 203 Å². The van der Waals surface area contributed by atoms with Crippen LogP contribution in [0.1, 0.15) is 35.6 Å². The summed E-state index contributed by atoms with van der Waals surface area (Å²) in [5.41, 5.74) is 1.91. The van der Waals surface area contributed by atoms with Crippen molar-refractivity contribution in [1.29, 1.82) is 0 Å². The summed E-state index contributed by atoms with van der Waals surface area (Å²) in [6.45, 7) is -0.364. The van der Waals surface area contributed by atoms with Crippen LogP contribution in [0.25, 0.3) is 0 Å². The van der Waals surface area contributed by atoms with Gasteiger partial charge in [-0.3, -0.25) is 9.59 Å². The first-order valence-electron chi connectivity index (χ1n) is 11.0. The van der Waals surface area contributed by atoms with E-state index in [1.165, 1.54) is 0 Å². The highest BCUT2D eigenvalue weighted by atomic mass is 35.5. The zero-order valence-electron chi connectivity index (χ0n) is 19.0. The van der Waals surface area contributed by atoms with Crippen molar-refractivity contribution in [3.8, 4) is 11.5 Å². The molecular weight excluding hydrogens is 454 g/mol. The molecule has 0 atom stereocenters. The number of carbonyl (C=O) groups is 2. The van der Waals surface area contributed by atoms with Gasteiger partial charge >= 0.3 is 5.97 Å². The minimum atomic E-state index is -0.684. The van der Waals surface area contributed by atoms with Crippen molar-refractivity contribution in [3.05, 3.63) is 94.5 Å². The molecule has 3 aromatic carbocycles. The van der Waals surface area contributed by atoms with Crippen molar-refractivity contribution < 1.29 is 23.8 Å². The van der Waals surface area contributed by atoms with E-state index in [0.29, 0.717) is 17.9 Å². The lowest BCUT2D eigenvalue weighted by atomic mass is 9.96. The van der Waals surface area contributed by atoms with E-state index >= 15 is 0 Å². The van der Waals surface area contributed by atoms with E-state index in [9.17, 15) is 9.59 Å². The molecule has 4 rings (SSSR count). The SMILES string of the molecule is COc1ccc(C(NC(=O)COC(=O)C2(c3ccc(Cl)cc3)CC2)c2ccc(OC)cc2)cc1. The zero-order chi connectivity index (χ0) is 24.1. The van der Waals surface area contributed by atoms with Crippen molar-refractivity contribution in [2.75, 3.05) is 20.8 Å². The Bertz CT molecular complexity index is 1090. The van der Waals surface area contributed by atoms with Gasteiger partial charge in [-0.05, 0) is 65.9 Å². The molecule has 0 bridgehead atoms. The average Bonchev–Trinajstić information content (AvgIpc) is 3.69. The van der Waals surface area contributed by atoms with Crippen LogP contribution in [-0.2, 0) is 19.7 Å². The molecule has 0 heterocycles. The van der Waals surface area contributed by atoms with Gasteiger partial charge in [-0.25, -0.2) is 0 Å². The van der Waals surface area contributed by atoms with Gasteiger partial charge in [0.1, 0.15) is 11.5 Å². The minimum Gasteiger partial charge on any atom is -0.497 e. The number of rotatable bonds is 9. The zero-order valence-corrected chi connectivity index (χ0v) is 19.8. The van der Waals surface area contributed by atoms with Crippen LogP contribution in [0.4, 0.5) is 0 Å². The molecule has 1 aliphatic rings. The molecule has 6 nitrogen and oxygen atoms in total. The Hall–Kier alpha value is -3.51. The molecule has 7 heteroatoms. The molecule has 1 aliphatic carbocycles. The quantitative estimate of drug-likeness (QED) is 0.445. The maximum atomic E-state index is 12.8. The standard InChI is InChI=1S/C27H26ClNO5/c1-32-22-11-3-18(4-12-22)25(19-5-13-23(33-2)14-6-19)29-24(30)17-34-26(31)27(15-16-27)20-7-9-21(28)10-8-20/h3-14,25H,15-17H2,1-2H3,(H,29,30). The van der Waals surface area contributed by atoms with E-state index in [-0.39, 0.29) is 6.61 Å². The van der Waals surface area contributed by atoms with Crippen LogP contribution in [-0.4, -0.2) is 32.7 Å². The second-order valence-electron chi connectivity index (χ2n) is 8.21. The lowest BCUT2D eigenvalue weighted by Gasteiger charge is -2.21. The Kier molecular flexibility index (Phi) is 7.08. The van der Waals surface area contributed by atoms with Crippen LogP contribution in [0.15, 0.2) is 72.8 Å². The molecule has 1 amide bonds. The number of hydrogen-bond donors (Lipinski definition) is 1. The molecule has 176 valence electrons. The molecule has 0 saturated heterocycles. The monoisotopic (exact) mass is 479 g/mol. The van der Waals surface area contributed by atoms with Gasteiger partial charge in [0.25, 0.3) is 5.91 Å². The summed E-state index contributed by atoms with van der Waals surface area (Å²) >= 11 is 5.96. The van der Waals surface area contributed by atoms with Gasteiger partial charge in [0.15, 0.2) is 6.61 Å². The molecule has 1 saturated carbocycles. The summed E-state index contributed by atoms with van der Waals surface area (Å²) in [6.07, 6.45) is 1.38. The van der Waals surface area contributed by atoms with E-state index in [1.807, 2.05) is 60.7 Å². The highest BCUT2D eigenvalue weighted by molar-refractivity contribution is 6.30.